The van der Waals surface area contributed by atoms with Crippen LogP contribution >= 0.6 is 11.6 Å². The van der Waals surface area contributed by atoms with Crippen molar-refractivity contribution in [3.63, 3.8) is 0 Å². The lowest BCUT2D eigenvalue weighted by Crippen LogP contribution is -2.21. The zero-order valence-corrected chi connectivity index (χ0v) is 15.6. The highest BCUT2D eigenvalue weighted by atomic mass is 35.5. The lowest BCUT2D eigenvalue weighted by atomic mass is 10.1. The maximum absolute atomic E-state index is 12.2. The summed E-state index contributed by atoms with van der Waals surface area (Å²) in [4.78, 5) is 23.7. The molecule has 136 valence electrons. The molecule has 3 aromatic rings. The summed E-state index contributed by atoms with van der Waals surface area (Å²) in [6, 6.07) is 4.56. The molecule has 0 saturated heterocycles. The number of hydrogen-bond donors (Lipinski definition) is 1. The maximum Gasteiger partial charge on any atom is 0.336 e. The number of nitrogens with zero attached hydrogens (tertiary/aromatic N) is 2. The maximum atomic E-state index is 12.2. The van der Waals surface area contributed by atoms with Crippen LogP contribution in [-0.4, -0.2) is 22.3 Å². The van der Waals surface area contributed by atoms with Crippen molar-refractivity contribution in [3.8, 4) is 5.75 Å². The molecule has 0 aliphatic rings. The van der Waals surface area contributed by atoms with E-state index in [0.29, 0.717) is 21.7 Å². The van der Waals surface area contributed by atoms with E-state index in [0.717, 1.165) is 17.0 Å². The second-order valence-electron chi connectivity index (χ2n) is 6.03. The summed E-state index contributed by atoms with van der Waals surface area (Å²) in [6.45, 7) is 5.23. The van der Waals surface area contributed by atoms with Crippen LogP contribution in [0.4, 0.5) is 5.69 Å². The molecule has 26 heavy (non-hydrogen) atoms. The monoisotopic (exact) mass is 375 g/mol. The Morgan fingerprint density at radius 2 is 2.04 bits per heavy atom. The number of amides is 1. The van der Waals surface area contributed by atoms with Crippen LogP contribution in [0.5, 0.6) is 5.75 Å². The first-order valence-corrected chi connectivity index (χ1v) is 8.31. The van der Waals surface area contributed by atoms with E-state index in [4.69, 9.17) is 20.8 Å². The zero-order valence-electron chi connectivity index (χ0n) is 14.8. The van der Waals surface area contributed by atoms with Gasteiger partial charge in [-0.1, -0.05) is 11.6 Å². The summed E-state index contributed by atoms with van der Waals surface area (Å²) in [5.74, 6) is -0.0752. The lowest BCUT2D eigenvalue weighted by Gasteiger charge is -2.10. The smallest absolute Gasteiger partial charge is 0.336 e. The molecule has 2 aromatic heterocycles. The van der Waals surface area contributed by atoms with Crippen molar-refractivity contribution in [2.45, 2.75) is 20.8 Å². The minimum atomic E-state index is -0.455. The molecule has 0 unspecified atom stereocenters. The highest BCUT2D eigenvalue weighted by Gasteiger charge is 2.14. The van der Waals surface area contributed by atoms with E-state index < -0.39 is 5.63 Å². The van der Waals surface area contributed by atoms with E-state index >= 15 is 0 Å². The Morgan fingerprint density at radius 1 is 1.31 bits per heavy atom. The molecule has 0 aliphatic carbocycles. The van der Waals surface area contributed by atoms with Crippen LogP contribution in [0.15, 0.2) is 27.4 Å². The van der Waals surface area contributed by atoms with E-state index in [1.54, 1.807) is 24.7 Å². The topological polar surface area (TPSA) is 86.4 Å². The van der Waals surface area contributed by atoms with Crippen LogP contribution in [0.25, 0.3) is 11.0 Å². The highest BCUT2D eigenvalue weighted by molar-refractivity contribution is 6.32. The van der Waals surface area contributed by atoms with Crippen LogP contribution in [0.2, 0.25) is 5.02 Å². The molecule has 2 heterocycles. The quantitative estimate of drug-likeness (QED) is 0.708. The standard InChI is InChI=1S/C18H18ClN3O4/c1-9-5-17(24)26-14-7-15(13(19)6-12(9)14)25-8-16(23)20-18-10(2)21-22(4)11(18)3/h5-7H,8H2,1-4H3,(H,20,23). The van der Waals surface area contributed by atoms with Gasteiger partial charge in [0.25, 0.3) is 5.91 Å². The number of ether oxygens (including phenoxy) is 1. The summed E-state index contributed by atoms with van der Waals surface area (Å²) in [5, 5.41) is 8.07. The van der Waals surface area contributed by atoms with Gasteiger partial charge in [-0.15, -0.1) is 0 Å². The molecule has 0 spiro atoms. The predicted octanol–water partition coefficient (Wildman–Crippen LogP) is 3.12. The van der Waals surface area contributed by atoms with Gasteiger partial charge in [0.15, 0.2) is 6.61 Å². The largest absolute Gasteiger partial charge is 0.482 e. The Kier molecular flexibility index (Phi) is 4.73. The second kappa shape index (κ2) is 6.84. The van der Waals surface area contributed by atoms with Crippen LogP contribution in [0, 0.1) is 20.8 Å². The Labute approximate surface area is 154 Å². The predicted molar refractivity (Wildman–Crippen MR) is 99.0 cm³/mol. The Hall–Kier alpha value is -2.80. The zero-order chi connectivity index (χ0) is 19.0. The fourth-order valence-electron chi connectivity index (χ4n) is 2.70. The molecule has 0 aliphatic heterocycles. The number of benzene rings is 1. The molecule has 1 aromatic carbocycles. The van der Waals surface area contributed by atoms with Gasteiger partial charge in [-0.05, 0) is 32.4 Å². The molecule has 1 N–H and O–H groups in total. The van der Waals surface area contributed by atoms with Crippen molar-refractivity contribution in [1.29, 1.82) is 0 Å². The Bertz CT molecular complexity index is 1070. The molecule has 0 bridgehead atoms. The van der Waals surface area contributed by atoms with Gasteiger partial charge in [-0.3, -0.25) is 9.48 Å². The van der Waals surface area contributed by atoms with E-state index in [9.17, 15) is 9.59 Å². The number of anilines is 1. The van der Waals surface area contributed by atoms with Gasteiger partial charge in [0.05, 0.1) is 22.1 Å². The van der Waals surface area contributed by atoms with Crippen LogP contribution in [0.1, 0.15) is 17.0 Å². The van der Waals surface area contributed by atoms with E-state index in [1.165, 1.54) is 12.1 Å². The number of halogens is 1. The highest BCUT2D eigenvalue weighted by Crippen LogP contribution is 2.31. The fraction of sp³-hybridized carbons (Fsp3) is 0.278. The van der Waals surface area contributed by atoms with Crippen molar-refractivity contribution < 1.29 is 13.9 Å². The minimum Gasteiger partial charge on any atom is -0.482 e. The average molecular weight is 376 g/mol. The molecule has 7 nitrogen and oxygen atoms in total. The number of rotatable bonds is 4. The van der Waals surface area contributed by atoms with Gasteiger partial charge in [0.2, 0.25) is 0 Å². The van der Waals surface area contributed by atoms with Gasteiger partial charge in [-0.2, -0.15) is 5.10 Å². The summed E-state index contributed by atoms with van der Waals surface area (Å²) >= 11 is 6.22. The summed E-state index contributed by atoms with van der Waals surface area (Å²) < 4.78 is 12.4. The van der Waals surface area contributed by atoms with Crippen molar-refractivity contribution in [2.24, 2.45) is 7.05 Å². The first-order valence-electron chi connectivity index (χ1n) is 7.93. The first-order chi connectivity index (χ1) is 12.3. The molecule has 0 radical (unpaired) electrons. The molecule has 0 saturated carbocycles. The van der Waals surface area contributed by atoms with Crippen molar-refractivity contribution in [3.05, 3.63) is 50.6 Å². The third-order valence-electron chi connectivity index (χ3n) is 4.14. The second-order valence-corrected chi connectivity index (χ2v) is 6.44. The third kappa shape index (κ3) is 3.43. The Morgan fingerprint density at radius 3 is 2.69 bits per heavy atom. The number of hydrogen-bond acceptors (Lipinski definition) is 5. The van der Waals surface area contributed by atoms with Gasteiger partial charge in [-0.25, -0.2) is 4.79 Å². The molecular formula is C18H18ClN3O4. The normalized spacial score (nSPS) is 11.0. The Balaban J connectivity index is 1.78. The molecule has 3 rings (SSSR count). The van der Waals surface area contributed by atoms with Gasteiger partial charge >= 0.3 is 5.63 Å². The summed E-state index contributed by atoms with van der Waals surface area (Å²) in [6.07, 6.45) is 0. The van der Waals surface area contributed by atoms with Crippen molar-refractivity contribution >= 4 is 34.2 Å². The van der Waals surface area contributed by atoms with Crippen LogP contribution < -0.4 is 15.7 Å². The first kappa shape index (κ1) is 18.0. The van der Waals surface area contributed by atoms with Gasteiger partial charge < -0.3 is 14.5 Å². The van der Waals surface area contributed by atoms with Gasteiger partial charge in [0.1, 0.15) is 11.3 Å². The summed E-state index contributed by atoms with van der Waals surface area (Å²) in [7, 11) is 1.80. The third-order valence-corrected chi connectivity index (χ3v) is 4.43. The molecule has 0 atom stereocenters. The average Bonchev–Trinajstić information content (AvgIpc) is 2.80. The summed E-state index contributed by atoms with van der Waals surface area (Å²) in [5.41, 5.74) is 2.88. The minimum absolute atomic E-state index is 0.241. The van der Waals surface area contributed by atoms with E-state index in [-0.39, 0.29) is 18.3 Å². The molecular weight excluding hydrogens is 358 g/mol. The number of aromatic nitrogens is 2. The number of fused-ring (bicyclic) bond motifs is 1. The molecule has 0 fully saturated rings. The van der Waals surface area contributed by atoms with Crippen LogP contribution in [-0.2, 0) is 11.8 Å². The van der Waals surface area contributed by atoms with E-state index in [1.807, 2.05) is 13.8 Å². The van der Waals surface area contributed by atoms with Crippen molar-refractivity contribution in [1.82, 2.24) is 9.78 Å². The molecule has 1 amide bonds. The van der Waals surface area contributed by atoms with Crippen molar-refractivity contribution in [2.75, 3.05) is 11.9 Å². The number of aryl methyl sites for hydroxylation is 3. The number of carbonyl (C=O) groups is 1. The SMILES string of the molecule is Cc1nn(C)c(C)c1NC(=O)COc1cc2oc(=O)cc(C)c2cc1Cl. The fourth-order valence-corrected chi connectivity index (χ4v) is 2.92. The van der Waals surface area contributed by atoms with Gasteiger partial charge in [0, 0.05) is 24.6 Å². The lowest BCUT2D eigenvalue weighted by molar-refractivity contribution is -0.118. The van der Waals surface area contributed by atoms with Crippen LogP contribution in [0.3, 0.4) is 0 Å². The molecule has 8 heteroatoms. The number of carbonyl (C=O) groups excluding carboxylic acids is 1. The number of nitrogens with one attached hydrogen (secondary N) is 1. The van der Waals surface area contributed by atoms with E-state index in [2.05, 4.69) is 10.4 Å².